The van der Waals surface area contributed by atoms with Gasteiger partial charge in [-0.05, 0) is 12.8 Å². The lowest BCUT2D eigenvalue weighted by molar-refractivity contribution is -0.229. The Morgan fingerprint density at radius 3 is 2.28 bits per heavy atom. The molecule has 7 heteroatoms. The molecule has 0 aromatic carbocycles. The van der Waals surface area contributed by atoms with E-state index in [1.54, 1.807) is 0 Å². The van der Waals surface area contributed by atoms with Crippen LogP contribution in [-0.4, -0.2) is 49.1 Å². The lowest BCUT2D eigenvalue weighted by Gasteiger charge is -2.35. The third kappa shape index (κ3) is 3.34. The summed E-state index contributed by atoms with van der Waals surface area (Å²) < 4.78 is 52.3. The van der Waals surface area contributed by atoms with Crippen LogP contribution >= 0.6 is 0 Å². The molecule has 1 saturated carbocycles. The third-order valence-electron chi connectivity index (χ3n) is 3.38. The fraction of sp³-hybridized carbons (Fsp3) is 1.00. The largest absolute Gasteiger partial charge is 0.416 e. The summed E-state index contributed by atoms with van der Waals surface area (Å²) >= 11 is 0. The molecule has 2 aliphatic rings. The standard InChI is InChI=1S/C11H17F3O4/c12-11(13,14)9(15)7-16-8-1-3-10(4-2-8)17-5-6-18-10/h8-9,15H,1-7H2. The Bertz CT molecular complexity index is 266. The minimum atomic E-state index is -4.62. The van der Waals surface area contributed by atoms with Gasteiger partial charge in [-0.15, -0.1) is 0 Å². The van der Waals surface area contributed by atoms with Crippen molar-refractivity contribution in [2.75, 3.05) is 19.8 Å². The average molecular weight is 270 g/mol. The van der Waals surface area contributed by atoms with Crippen molar-refractivity contribution in [3.05, 3.63) is 0 Å². The van der Waals surface area contributed by atoms with E-state index in [9.17, 15) is 13.2 Å². The van der Waals surface area contributed by atoms with Crippen LogP contribution in [0.25, 0.3) is 0 Å². The van der Waals surface area contributed by atoms with Crippen LogP contribution in [0.1, 0.15) is 25.7 Å². The van der Waals surface area contributed by atoms with E-state index in [0.717, 1.165) is 0 Å². The first-order valence-electron chi connectivity index (χ1n) is 6.06. The average Bonchev–Trinajstić information content (AvgIpc) is 2.75. The van der Waals surface area contributed by atoms with Gasteiger partial charge in [0.1, 0.15) is 0 Å². The highest BCUT2D eigenvalue weighted by Crippen LogP contribution is 2.36. The molecule has 1 heterocycles. The minimum Gasteiger partial charge on any atom is -0.382 e. The van der Waals surface area contributed by atoms with Crippen LogP contribution in [0, 0.1) is 0 Å². The second-order valence-electron chi connectivity index (χ2n) is 4.70. The molecule has 2 fully saturated rings. The topological polar surface area (TPSA) is 47.9 Å². The van der Waals surface area contributed by atoms with Crippen LogP contribution in [0.3, 0.4) is 0 Å². The molecule has 1 aliphatic heterocycles. The highest BCUT2D eigenvalue weighted by Gasteiger charge is 2.42. The maximum atomic E-state index is 12.1. The first kappa shape index (κ1) is 14.0. The molecule has 1 atom stereocenters. The fourth-order valence-electron chi connectivity index (χ4n) is 2.31. The van der Waals surface area contributed by atoms with Crippen LogP contribution in [0.2, 0.25) is 0 Å². The van der Waals surface area contributed by atoms with Crippen LogP contribution < -0.4 is 0 Å². The normalized spacial score (nSPS) is 26.7. The van der Waals surface area contributed by atoms with Crippen molar-refractivity contribution in [2.45, 2.75) is 49.9 Å². The van der Waals surface area contributed by atoms with Crippen LogP contribution in [-0.2, 0) is 14.2 Å². The maximum absolute atomic E-state index is 12.1. The van der Waals surface area contributed by atoms with Gasteiger partial charge in [0.2, 0.25) is 0 Å². The van der Waals surface area contributed by atoms with Crippen molar-refractivity contribution in [1.29, 1.82) is 0 Å². The third-order valence-corrected chi connectivity index (χ3v) is 3.38. The number of rotatable bonds is 3. The molecule has 0 aromatic rings. The quantitative estimate of drug-likeness (QED) is 0.846. The van der Waals surface area contributed by atoms with E-state index >= 15 is 0 Å². The van der Waals surface area contributed by atoms with Gasteiger partial charge in [0.25, 0.3) is 0 Å². The van der Waals surface area contributed by atoms with Gasteiger partial charge < -0.3 is 19.3 Å². The fourth-order valence-corrected chi connectivity index (χ4v) is 2.31. The molecule has 0 radical (unpaired) electrons. The van der Waals surface area contributed by atoms with E-state index < -0.39 is 24.7 Å². The van der Waals surface area contributed by atoms with Crippen molar-refractivity contribution >= 4 is 0 Å². The summed E-state index contributed by atoms with van der Waals surface area (Å²) in [6.45, 7) is 0.430. The molecule has 1 aliphatic carbocycles. The number of aliphatic hydroxyl groups is 1. The molecule has 1 spiro atoms. The monoisotopic (exact) mass is 270 g/mol. The minimum absolute atomic E-state index is 0.263. The van der Waals surface area contributed by atoms with E-state index in [0.29, 0.717) is 38.9 Å². The summed E-state index contributed by atoms with van der Waals surface area (Å²) in [5.74, 6) is -0.539. The summed E-state index contributed by atoms with van der Waals surface area (Å²) in [5, 5.41) is 8.82. The van der Waals surface area contributed by atoms with Gasteiger partial charge >= 0.3 is 6.18 Å². The molecular formula is C11H17F3O4. The SMILES string of the molecule is OC(COC1CCC2(CC1)OCCO2)C(F)(F)F. The Kier molecular flexibility index (Phi) is 4.15. The first-order valence-corrected chi connectivity index (χ1v) is 6.06. The molecule has 0 bridgehead atoms. The molecule has 1 unspecified atom stereocenters. The number of aliphatic hydroxyl groups excluding tert-OH is 1. The van der Waals surface area contributed by atoms with E-state index in [1.165, 1.54) is 0 Å². The summed E-state index contributed by atoms with van der Waals surface area (Å²) in [6, 6.07) is 0. The van der Waals surface area contributed by atoms with E-state index in [-0.39, 0.29) is 6.10 Å². The number of hydrogen-bond acceptors (Lipinski definition) is 4. The van der Waals surface area contributed by atoms with Crippen molar-refractivity contribution in [3.63, 3.8) is 0 Å². The van der Waals surface area contributed by atoms with Gasteiger partial charge in [0.05, 0.1) is 25.9 Å². The summed E-state index contributed by atoms with van der Waals surface area (Å²) in [7, 11) is 0. The van der Waals surface area contributed by atoms with Crippen LogP contribution in [0.5, 0.6) is 0 Å². The molecule has 1 saturated heterocycles. The lowest BCUT2D eigenvalue weighted by Crippen LogP contribution is -2.40. The molecule has 0 amide bonds. The smallest absolute Gasteiger partial charge is 0.382 e. The Morgan fingerprint density at radius 1 is 1.22 bits per heavy atom. The van der Waals surface area contributed by atoms with Gasteiger partial charge in [-0.1, -0.05) is 0 Å². The van der Waals surface area contributed by atoms with E-state index in [4.69, 9.17) is 19.3 Å². The number of hydrogen-bond donors (Lipinski definition) is 1. The highest BCUT2D eigenvalue weighted by atomic mass is 19.4. The van der Waals surface area contributed by atoms with E-state index in [1.807, 2.05) is 0 Å². The molecule has 106 valence electrons. The number of alkyl halides is 3. The van der Waals surface area contributed by atoms with Crippen molar-refractivity contribution in [2.24, 2.45) is 0 Å². The molecule has 0 aromatic heterocycles. The van der Waals surface area contributed by atoms with Gasteiger partial charge in [-0.2, -0.15) is 13.2 Å². The lowest BCUT2D eigenvalue weighted by atomic mass is 9.92. The van der Waals surface area contributed by atoms with Crippen LogP contribution in [0.4, 0.5) is 13.2 Å². The van der Waals surface area contributed by atoms with E-state index in [2.05, 4.69) is 0 Å². The van der Waals surface area contributed by atoms with Gasteiger partial charge in [-0.3, -0.25) is 0 Å². The predicted octanol–water partition coefficient (Wildman–Crippen LogP) is 1.61. The molecule has 18 heavy (non-hydrogen) atoms. The first-order chi connectivity index (χ1) is 8.41. The van der Waals surface area contributed by atoms with Gasteiger partial charge in [0.15, 0.2) is 11.9 Å². The zero-order valence-electron chi connectivity index (χ0n) is 9.91. The van der Waals surface area contributed by atoms with Crippen LogP contribution in [0.15, 0.2) is 0 Å². The Morgan fingerprint density at radius 2 is 1.78 bits per heavy atom. The molecule has 1 N–H and O–H groups in total. The zero-order valence-corrected chi connectivity index (χ0v) is 9.91. The van der Waals surface area contributed by atoms with Crippen molar-refractivity contribution in [3.8, 4) is 0 Å². The summed E-state index contributed by atoms with van der Waals surface area (Å²) in [4.78, 5) is 0. The molecular weight excluding hydrogens is 253 g/mol. The number of halogens is 3. The van der Waals surface area contributed by atoms with Gasteiger partial charge in [0, 0.05) is 12.8 Å². The zero-order chi connectivity index (χ0) is 13.2. The summed E-state index contributed by atoms with van der Waals surface area (Å²) in [5.41, 5.74) is 0. The Balaban J connectivity index is 1.71. The highest BCUT2D eigenvalue weighted by molar-refractivity contribution is 4.83. The summed E-state index contributed by atoms with van der Waals surface area (Å²) in [6.07, 6.45) is -4.87. The Hall–Kier alpha value is -0.370. The number of ether oxygens (including phenoxy) is 3. The Labute approximate surface area is 103 Å². The second-order valence-corrected chi connectivity index (χ2v) is 4.70. The molecule has 4 nitrogen and oxygen atoms in total. The predicted molar refractivity (Wildman–Crippen MR) is 54.9 cm³/mol. The van der Waals surface area contributed by atoms with Crippen molar-refractivity contribution in [1.82, 2.24) is 0 Å². The van der Waals surface area contributed by atoms with Gasteiger partial charge in [-0.25, -0.2) is 0 Å². The maximum Gasteiger partial charge on any atom is 0.416 e. The molecule has 2 rings (SSSR count). The second kappa shape index (κ2) is 5.32. The van der Waals surface area contributed by atoms with Crippen molar-refractivity contribution < 1.29 is 32.5 Å².